The van der Waals surface area contributed by atoms with E-state index >= 15 is 0 Å². The van der Waals surface area contributed by atoms with Crippen molar-refractivity contribution in [3.05, 3.63) is 122 Å². The normalized spacial score (nSPS) is 13.0. The number of hydrogen-bond donors (Lipinski definition) is 0. The van der Waals surface area contributed by atoms with Crippen LogP contribution in [0.2, 0.25) is 0 Å². The van der Waals surface area contributed by atoms with Gasteiger partial charge >= 0.3 is 17.9 Å². The van der Waals surface area contributed by atoms with Crippen LogP contribution in [-0.2, 0) is 28.6 Å². The summed E-state index contributed by atoms with van der Waals surface area (Å²) in [7, 11) is 0. The Kier molecular flexibility index (Phi) is 54.9. The highest BCUT2D eigenvalue weighted by Crippen LogP contribution is 2.14. The van der Waals surface area contributed by atoms with E-state index < -0.39 is 6.10 Å². The first-order valence-corrected chi connectivity index (χ1v) is 29.0. The fourth-order valence-corrected chi connectivity index (χ4v) is 7.65. The molecule has 6 heteroatoms. The minimum Gasteiger partial charge on any atom is -0.462 e. The van der Waals surface area contributed by atoms with Crippen molar-refractivity contribution in [2.24, 2.45) is 0 Å². The van der Waals surface area contributed by atoms with E-state index in [-0.39, 0.29) is 31.1 Å². The van der Waals surface area contributed by atoms with Gasteiger partial charge < -0.3 is 14.2 Å². The first-order valence-electron chi connectivity index (χ1n) is 29.0. The van der Waals surface area contributed by atoms with Crippen molar-refractivity contribution in [3.8, 4) is 0 Å². The molecule has 0 aromatic carbocycles. The van der Waals surface area contributed by atoms with Crippen LogP contribution in [0.4, 0.5) is 0 Å². The number of rotatable bonds is 51. The molecule has 1 unspecified atom stereocenters. The van der Waals surface area contributed by atoms with Gasteiger partial charge in [-0.2, -0.15) is 0 Å². The average molecular weight is 984 g/mol. The third-order valence-electron chi connectivity index (χ3n) is 12.0. The van der Waals surface area contributed by atoms with Crippen molar-refractivity contribution in [1.82, 2.24) is 0 Å². The summed E-state index contributed by atoms with van der Waals surface area (Å²) < 4.78 is 16.7. The third-order valence-corrected chi connectivity index (χ3v) is 12.0. The molecule has 0 aliphatic carbocycles. The molecule has 0 bridgehead atoms. The predicted molar refractivity (Wildman–Crippen MR) is 306 cm³/mol. The summed E-state index contributed by atoms with van der Waals surface area (Å²) in [5.41, 5.74) is 0. The van der Waals surface area contributed by atoms with E-state index in [9.17, 15) is 14.4 Å². The summed E-state index contributed by atoms with van der Waals surface area (Å²) in [5.74, 6) is -0.942. The number of carbonyl (C=O) groups is 3. The number of unbranched alkanes of at least 4 members (excludes halogenated alkanes) is 20. The molecule has 0 spiro atoms. The molecule has 0 fully saturated rings. The molecule has 0 aromatic rings. The molecule has 0 rings (SSSR count). The van der Waals surface area contributed by atoms with Gasteiger partial charge in [-0.3, -0.25) is 14.4 Å². The molecular weight excluding hydrogens is 877 g/mol. The Labute approximate surface area is 437 Å². The molecule has 0 saturated carbocycles. The molecule has 71 heavy (non-hydrogen) atoms. The Morgan fingerprint density at radius 1 is 0.296 bits per heavy atom. The lowest BCUT2D eigenvalue weighted by molar-refractivity contribution is -0.167. The molecular formula is C65H106O6. The smallest absolute Gasteiger partial charge is 0.306 e. The second-order valence-corrected chi connectivity index (χ2v) is 18.8. The zero-order valence-electron chi connectivity index (χ0n) is 45.9. The summed E-state index contributed by atoms with van der Waals surface area (Å²) in [6.45, 7) is 6.45. The van der Waals surface area contributed by atoms with E-state index in [1.165, 1.54) is 89.9 Å². The van der Waals surface area contributed by atoms with Crippen LogP contribution in [0.25, 0.3) is 0 Å². The van der Waals surface area contributed by atoms with E-state index in [0.29, 0.717) is 19.3 Å². The number of esters is 3. The van der Waals surface area contributed by atoms with Crippen LogP contribution in [0, 0.1) is 0 Å². The Hall–Kier alpha value is -4.19. The summed E-state index contributed by atoms with van der Waals surface area (Å²) in [5, 5.41) is 0. The minimum absolute atomic E-state index is 0.0904. The molecule has 402 valence electrons. The Morgan fingerprint density at radius 2 is 0.549 bits per heavy atom. The highest BCUT2D eigenvalue weighted by Gasteiger charge is 2.19. The van der Waals surface area contributed by atoms with E-state index in [4.69, 9.17) is 14.2 Å². The maximum absolute atomic E-state index is 12.7. The van der Waals surface area contributed by atoms with Gasteiger partial charge in [-0.05, 0) is 96.3 Å². The summed E-state index contributed by atoms with van der Waals surface area (Å²) >= 11 is 0. The zero-order chi connectivity index (χ0) is 51.4. The van der Waals surface area contributed by atoms with Crippen molar-refractivity contribution in [2.45, 2.75) is 258 Å². The van der Waals surface area contributed by atoms with Gasteiger partial charge in [-0.25, -0.2) is 0 Å². The molecule has 0 aliphatic heterocycles. The fraction of sp³-hybridized carbons (Fsp3) is 0.646. The van der Waals surface area contributed by atoms with E-state index in [2.05, 4.69) is 142 Å². The van der Waals surface area contributed by atoms with Gasteiger partial charge in [0.15, 0.2) is 6.10 Å². The largest absolute Gasteiger partial charge is 0.462 e. The first kappa shape index (κ1) is 66.8. The van der Waals surface area contributed by atoms with Crippen molar-refractivity contribution >= 4 is 17.9 Å². The van der Waals surface area contributed by atoms with Gasteiger partial charge in [-0.15, -0.1) is 0 Å². The van der Waals surface area contributed by atoms with Crippen molar-refractivity contribution in [2.75, 3.05) is 13.2 Å². The van der Waals surface area contributed by atoms with E-state index in [0.717, 1.165) is 122 Å². The number of ether oxygens (including phenoxy) is 3. The molecule has 0 saturated heterocycles. The lowest BCUT2D eigenvalue weighted by atomic mass is 10.1. The van der Waals surface area contributed by atoms with Gasteiger partial charge in [0, 0.05) is 19.3 Å². The second-order valence-electron chi connectivity index (χ2n) is 18.8. The summed E-state index contributed by atoms with van der Waals surface area (Å²) in [6.07, 6.45) is 80.7. The third kappa shape index (κ3) is 56.6. The number of carbonyl (C=O) groups excluding carboxylic acids is 3. The molecule has 0 aliphatic rings. The number of allylic oxidation sites excluding steroid dienone is 20. The zero-order valence-corrected chi connectivity index (χ0v) is 45.9. The highest BCUT2D eigenvalue weighted by molar-refractivity contribution is 5.71. The van der Waals surface area contributed by atoms with E-state index in [1.54, 1.807) is 0 Å². The van der Waals surface area contributed by atoms with Gasteiger partial charge in [0.2, 0.25) is 0 Å². The summed E-state index contributed by atoms with van der Waals surface area (Å²) in [6, 6.07) is 0. The van der Waals surface area contributed by atoms with Crippen LogP contribution >= 0.6 is 0 Å². The molecule has 0 radical (unpaired) electrons. The Balaban J connectivity index is 4.25. The molecule has 6 nitrogen and oxygen atoms in total. The standard InChI is InChI=1S/C65H106O6/c1-4-7-10-13-16-19-22-23-24-25-26-27-28-29-30-31-32-33-34-35-36-37-38-39-40-41-42-43-44-47-49-52-55-58-64(67)70-61-62(71-65(68)59-56-53-50-46-21-18-15-12-9-6-3)60-69-63(66)57-54-51-48-45-20-17-14-11-8-5-2/h7,10,16,19,23-24,26-27,29-30,32-33,35-36,38-39,41-42,44,47,62H,4-6,8-9,11-15,17-18,20-22,25,28,31,34,37,40,43,45-46,48-61H2,1-3H3/b10-7-,19-16-,24-23-,27-26-,30-29-,33-32-,36-35-,39-38-,42-41-,47-44-. The molecule has 0 aromatic heterocycles. The van der Waals surface area contributed by atoms with Crippen molar-refractivity contribution < 1.29 is 28.6 Å². The van der Waals surface area contributed by atoms with Crippen LogP contribution in [-0.4, -0.2) is 37.2 Å². The lowest BCUT2D eigenvalue weighted by Crippen LogP contribution is -2.30. The maximum atomic E-state index is 12.7. The van der Waals surface area contributed by atoms with Crippen LogP contribution in [0.5, 0.6) is 0 Å². The minimum atomic E-state index is -0.792. The predicted octanol–water partition coefficient (Wildman–Crippen LogP) is 19.6. The van der Waals surface area contributed by atoms with Crippen LogP contribution in [0.3, 0.4) is 0 Å². The molecule has 1 atom stereocenters. The quantitative estimate of drug-likeness (QED) is 0.0261. The number of hydrogen-bond acceptors (Lipinski definition) is 6. The fourth-order valence-electron chi connectivity index (χ4n) is 7.65. The first-order chi connectivity index (χ1) is 35.0. The average Bonchev–Trinajstić information content (AvgIpc) is 3.37. The molecule has 0 N–H and O–H groups in total. The molecule has 0 amide bonds. The van der Waals surface area contributed by atoms with Crippen LogP contribution < -0.4 is 0 Å². The topological polar surface area (TPSA) is 78.9 Å². The summed E-state index contributed by atoms with van der Waals surface area (Å²) in [4.78, 5) is 37.9. The second kappa shape index (κ2) is 58.4. The van der Waals surface area contributed by atoms with Gasteiger partial charge in [0.25, 0.3) is 0 Å². The van der Waals surface area contributed by atoms with Gasteiger partial charge in [0.05, 0.1) is 0 Å². The SMILES string of the molecule is CC/C=C\C/C=C\C/C=C\C/C=C\C/C=C\C/C=C\C/C=C\C/C=C\C/C=C\C/C=C\CCCCC(=O)OCC(COC(=O)CCCCCCCCCCCC)OC(=O)CCCCCCCCCCCC. The van der Waals surface area contributed by atoms with Crippen LogP contribution in [0.15, 0.2) is 122 Å². The van der Waals surface area contributed by atoms with Gasteiger partial charge in [0.1, 0.15) is 13.2 Å². The van der Waals surface area contributed by atoms with Crippen molar-refractivity contribution in [3.63, 3.8) is 0 Å². The van der Waals surface area contributed by atoms with Crippen molar-refractivity contribution in [1.29, 1.82) is 0 Å². The van der Waals surface area contributed by atoms with E-state index in [1.807, 2.05) is 0 Å². The van der Waals surface area contributed by atoms with Crippen LogP contribution in [0.1, 0.15) is 252 Å². The highest BCUT2D eigenvalue weighted by atomic mass is 16.6. The molecule has 0 heterocycles. The monoisotopic (exact) mass is 983 g/mol. The Morgan fingerprint density at radius 3 is 0.859 bits per heavy atom. The lowest BCUT2D eigenvalue weighted by Gasteiger charge is -2.18. The van der Waals surface area contributed by atoms with Gasteiger partial charge in [-0.1, -0.05) is 258 Å². The maximum Gasteiger partial charge on any atom is 0.306 e. The Bertz CT molecular complexity index is 1500.